The Balaban J connectivity index is -0.000000656. The number of hydrogen-bond acceptors (Lipinski definition) is 17. The zero-order chi connectivity index (χ0) is 90.9. The van der Waals surface area contributed by atoms with Crippen molar-refractivity contribution >= 4 is 93.9 Å². The summed E-state index contributed by atoms with van der Waals surface area (Å²) in [4.78, 5) is 173. The second-order valence-corrected chi connectivity index (χ2v) is 34.2. The highest BCUT2D eigenvalue weighted by molar-refractivity contribution is 5.97. The number of amides is 8. The number of carbonyl (C=O) groups is 14. The Morgan fingerprint density at radius 1 is 0.316 bits per heavy atom. The molecule has 0 radical (unpaired) electrons. The molecule has 0 saturated heterocycles. The van der Waals surface area contributed by atoms with Crippen LogP contribution >= 0.6 is 0 Å². The number of likely N-dealkylation sites (N-methyl/N-ethyl adjacent to an activating group) is 4. The van der Waals surface area contributed by atoms with Gasteiger partial charge in [-0.25, -0.2) is 0 Å². The van der Waals surface area contributed by atoms with Crippen LogP contribution in [0.3, 0.4) is 0 Å². The Labute approximate surface area is 706 Å². The summed E-state index contributed by atoms with van der Waals surface area (Å²) in [7, 11) is 10.4. The Hall–Kier alpha value is -8.38. The molecule has 25 heteroatoms. The number of hydrogen-bond donors (Lipinski definition) is 2. The van der Waals surface area contributed by atoms with Gasteiger partial charge in [0.25, 0.3) is 0 Å². The molecule has 0 spiro atoms. The average molecular weight is 1650 g/mol. The summed E-state index contributed by atoms with van der Waals surface area (Å²) in [6.45, 7) is 49.9. The van der Waals surface area contributed by atoms with E-state index in [0.29, 0.717) is 106 Å². The molecule has 0 saturated carbocycles. The number of anilines is 2. The number of esters is 3. The first-order valence-electron chi connectivity index (χ1n) is 42.7. The Bertz CT molecular complexity index is 3130. The van der Waals surface area contributed by atoms with E-state index in [2.05, 4.69) is 66.0 Å². The molecule has 0 aliphatic heterocycles. The molecule has 0 fully saturated rings. The van der Waals surface area contributed by atoms with Crippen LogP contribution in [0.2, 0.25) is 0 Å². The monoisotopic (exact) mass is 1650 g/mol. The van der Waals surface area contributed by atoms with Gasteiger partial charge in [0.2, 0.25) is 47.3 Å². The lowest BCUT2D eigenvalue weighted by molar-refractivity contribution is -0.147. The number of nitrogens with one attached hydrogen (secondary N) is 2. The fraction of sp³-hybridized carbons (Fsp3) is 0.717. The first-order chi connectivity index (χ1) is 54.3. The second kappa shape index (κ2) is 65.5. The molecule has 2 N–H and O–H groups in total. The molecule has 0 aliphatic rings. The number of carbonyl (C=O) groups excluding carboxylic acids is 14. The summed E-state index contributed by atoms with van der Waals surface area (Å²) in [5, 5.41) is 5.56. The van der Waals surface area contributed by atoms with Gasteiger partial charge in [-0.1, -0.05) is 216 Å². The Morgan fingerprint density at radius 2 is 0.632 bits per heavy atom. The lowest BCUT2D eigenvalue weighted by Gasteiger charge is -2.22. The van der Waals surface area contributed by atoms with Crippen molar-refractivity contribution in [1.29, 1.82) is 0 Å². The minimum Gasteiger partial charge on any atom is -0.464 e. The highest BCUT2D eigenvalue weighted by atomic mass is 16.5. The molecule has 0 aliphatic carbocycles. The van der Waals surface area contributed by atoms with Crippen molar-refractivity contribution in [2.45, 2.75) is 269 Å². The summed E-state index contributed by atoms with van der Waals surface area (Å²) in [6.07, 6.45) is 9.96. The van der Waals surface area contributed by atoms with E-state index in [-0.39, 0.29) is 169 Å². The van der Waals surface area contributed by atoms with Crippen LogP contribution in [0.15, 0.2) is 48.5 Å². The summed E-state index contributed by atoms with van der Waals surface area (Å²) >= 11 is 0. The van der Waals surface area contributed by atoms with Gasteiger partial charge in [0.05, 0.1) is 25.2 Å². The van der Waals surface area contributed by atoms with Gasteiger partial charge >= 0.3 is 17.9 Å². The molecular formula is C92H160N8O17. The number of Topliss-reactive ketones (excluding diaryl/α,β-unsaturated/α-hetero) is 3. The molecule has 670 valence electrons. The topological polar surface area (TPSA) is 310 Å². The third-order valence-electron chi connectivity index (χ3n) is 18.2. The van der Waals surface area contributed by atoms with Gasteiger partial charge in [0.15, 0.2) is 5.75 Å². The van der Waals surface area contributed by atoms with Gasteiger partial charge < -0.3 is 54.2 Å². The van der Waals surface area contributed by atoms with E-state index in [1.165, 1.54) is 4.90 Å². The quantitative estimate of drug-likeness (QED) is 0.0459. The standard InChI is InChI=1S/C18H27NO3.C18H27NO2.C14H26N2O3.C14H28N2O2.C14H25NO4.C14H27NO3/c1-13(2)9-8-12-17(20)22-16-11-7-6-10-15(16)19(5)18(21)14(3)4;1-13(2)10-11-16(20)12-15-8-6-7-9-17(15)19(5)18(21)14(3)4;1-10(2)12(17)6-7-13(18)15-8-9-16(5)14(19)11(3)4;1-11(2)7-6-8-13(17)15-9-10-16(5)14(18)12(3)4;1-10(2)12(16)6-7-13(17)19-9-8-15(5)14(18)11(3)4;1-11(2)7-6-8-13(16)18-10-9-15(5)14(17)12(3)4/h6-7,10-11,13-14H,8-9,12H2,1-5H3;6-9,13-14H,10-12H2,1-5H3;10-11H,6-9H2,1-5H3,(H,15,18);11-12H,6-10H2,1-5H3,(H,15,17);10-11H,6-9H2,1-5H3;11-12H,6-10H2,1-5H3. The highest BCUT2D eigenvalue weighted by Gasteiger charge is 2.23. The number of benzene rings is 2. The molecule has 0 atom stereocenters. The van der Waals surface area contributed by atoms with Crippen molar-refractivity contribution in [3.05, 3.63) is 54.1 Å². The van der Waals surface area contributed by atoms with Gasteiger partial charge in [0, 0.05) is 173 Å². The average Bonchev–Trinajstić information content (AvgIpc) is 0.842. The predicted octanol–water partition coefficient (Wildman–Crippen LogP) is 15.3. The van der Waals surface area contributed by atoms with Crippen molar-refractivity contribution in [2.75, 3.05) is 105 Å². The molecule has 8 amide bonds. The van der Waals surface area contributed by atoms with Crippen LogP contribution in [-0.4, -0.2) is 197 Å². The molecule has 0 heterocycles. The number of ether oxygens (including phenoxy) is 3. The minimum atomic E-state index is -0.389. The fourth-order valence-corrected chi connectivity index (χ4v) is 10.6. The first-order valence-corrected chi connectivity index (χ1v) is 42.7. The van der Waals surface area contributed by atoms with Crippen LogP contribution in [0.4, 0.5) is 11.4 Å². The highest BCUT2D eigenvalue weighted by Crippen LogP contribution is 2.29. The van der Waals surface area contributed by atoms with Crippen LogP contribution in [0, 0.1) is 71.0 Å². The van der Waals surface area contributed by atoms with Gasteiger partial charge in [0.1, 0.15) is 30.6 Å². The SMILES string of the molecule is CC(C)C(=O)CCC(=O)NCCN(C)C(=O)C(C)C.CC(C)C(=O)CCC(=O)OCCN(C)C(=O)C(C)C.CC(C)CCC(=O)Cc1ccccc1N(C)C(=O)C(C)C.CC(C)CCCC(=O)NCCN(C)C(=O)C(C)C.CC(C)CCCC(=O)OCCN(C)C(=O)C(C)C.CC(C)CCCC(=O)Oc1ccccc1N(C)C(=O)C(C)C. The van der Waals surface area contributed by atoms with Crippen LogP contribution < -0.4 is 25.2 Å². The molecule has 117 heavy (non-hydrogen) atoms. The lowest BCUT2D eigenvalue weighted by Crippen LogP contribution is -2.38. The molecule has 0 bridgehead atoms. The molecular weight excluding hydrogens is 1490 g/mol. The van der Waals surface area contributed by atoms with E-state index in [0.717, 1.165) is 56.2 Å². The van der Waals surface area contributed by atoms with E-state index in [1.54, 1.807) is 98.8 Å². The maximum absolute atomic E-state index is 12.1. The zero-order valence-corrected chi connectivity index (χ0v) is 78.1. The van der Waals surface area contributed by atoms with Crippen LogP contribution in [0.5, 0.6) is 5.75 Å². The van der Waals surface area contributed by atoms with E-state index >= 15 is 0 Å². The number of nitrogens with zero attached hydrogens (tertiary/aromatic N) is 6. The van der Waals surface area contributed by atoms with Crippen molar-refractivity contribution in [1.82, 2.24) is 30.2 Å². The largest absolute Gasteiger partial charge is 0.464 e. The second-order valence-electron chi connectivity index (χ2n) is 34.2. The summed E-state index contributed by atoms with van der Waals surface area (Å²) in [6, 6.07) is 14.8. The van der Waals surface area contributed by atoms with Gasteiger partial charge in [-0.05, 0) is 73.1 Å². The third-order valence-corrected chi connectivity index (χ3v) is 18.2. The number of ketones is 3. The molecule has 0 unspecified atom stereocenters. The van der Waals surface area contributed by atoms with E-state index < -0.39 is 0 Å². The van der Waals surface area contributed by atoms with Crippen molar-refractivity contribution in [2.24, 2.45) is 71.0 Å². The van der Waals surface area contributed by atoms with E-state index in [9.17, 15) is 67.1 Å². The maximum Gasteiger partial charge on any atom is 0.311 e. The summed E-state index contributed by atoms with van der Waals surface area (Å²) in [5.74, 6) is 2.32. The molecule has 25 nitrogen and oxygen atoms in total. The van der Waals surface area contributed by atoms with Gasteiger partial charge in [-0.15, -0.1) is 0 Å². The van der Waals surface area contributed by atoms with Crippen LogP contribution in [0.25, 0.3) is 0 Å². The van der Waals surface area contributed by atoms with E-state index in [1.807, 2.05) is 127 Å². The van der Waals surface area contributed by atoms with Crippen molar-refractivity contribution in [3.63, 3.8) is 0 Å². The third kappa shape index (κ3) is 59.0. The first kappa shape index (κ1) is 115. The smallest absolute Gasteiger partial charge is 0.311 e. The Morgan fingerprint density at radius 3 is 1.01 bits per heavy atom. The van der Waals surface area contributed by atoms with Crippen molar-refractivity contribution in [3.8, 4) is 5.75 Å². The molecule has 2 aromatic carbocycles. The molecule has 0 aromatic heterocycles. The van der Waals surface area contributed by atoms with Gasteiger partial charge in [-0.2, -0.15) is 0 Å². The minimum absolute atomic E-state index is 0.0108. The van der Waals surface area contributed by atoms with E-state index in [4.69, 9.17) is 14.2 Å². The maximum atomic E-state index is 12.1. The Kier molecular flexibility index (Phi) is 64.4. The van der Waals surface area contributed by atoms with Crippen LogP contribution in [0.1, 0.15) is 268 Å². The fourth-order valence-electron chi connectivity index (χ4n) is 10.6. The van der Waals surface area contributed by atoms with Crippen LogP contribution in [-0.2, 0) is 83.0 Å². The zero-order valence-electron chi connectivity index (χ0n) is 78.1. The summed E-state index contributed by atoms with van der Waals surface area (Å²) in [5.41, 5.74) is 2.40. The molecule has 2 rings (SSSR count). The molecule has 2 aromatic rings. The summed E-state index contributed by atoms with van der Waals surface area (Å²) < 4.78 is 15.5. The number of para-hydroxylation sites is 3. The lowest BCUT2D eigenvalue weighted by atomic mass is 9.99. The van der Waals surface area contributed by atoms with Gasteiger partial charge in [-0.3, -0.25) is 67.1 Å². The number of rotatable bonds is 46. The predicted molar refractivity (Wildman–Crippen MR) is 470 cm³/mol. The van der Waals surface area contributed by atoms with Crippen molar-refractivity contribution < 1.29 is 81.3 Å². The normalized spacial score (nSPS) is 10.8.